The van der Waals surface area contributed by atoms with Crippen LogP contribution in [0.4, 0.5) is 0 Å². The first-order valence-electron chi connectivity index (χ1n) is 20.0. The zero-order chi connectivity index (χ0) is 39.0. The highest BCUT2D eigenvalue weighted by Crippen LogP contribution is 2.50. The van der Waals surface area contributed by atoms with Crippen LogP contribution in [0.25, 0.3) is 39.1 Å². The van der Waals surface area contributed by atoms with Gasteiger partial charge in [0, 0.05) is 23.3 Å². The minimum Gasteiger partial charge on any atom is -0.260 e. The Bertz CT molecular complexity index is 2530. The van der Waals surface area contributed by atoms with Gasteiger partial charge in [0.25, 0.3) is 0 Å². The van der Waals surface area contributed by atoms with Gasteiger partial charge in [-0.2, -0.15) is 0 Å². The normalized spacial score (nSPS) is 17.8. The number of pyridine rings is 1. The van der Waals surface area contributed by atoms with Crippen molar-refractivity contribution in [3.8, 4) is 22.4 Å². The monoisotopic (exact) mass is 737 g/mol. The van der Waals surface area contributed by atoms with Gasteiger partial charge in [-0.05, 0) is 94.6 Å². The van der Waals surface area contributed by atoms with Crippen LogP contribution in [0.15, 0.2) is 201 Å². The second-order valence-corrected chi connectivity index (χ2v) is 14.6. The van der Waals surface area contributed by atoms with E-state index in [1.807, 2.05) is 31.3 Å². The van der Waals surface area contributed by atoms with Gasteiger partial charge in [0.2, 0.25) is 0 Å². The van der Waals surface area contributed by atoms with E-state index in [-0.39, 0.29) is 0 Å². The van der Waals surface area contributed by atoms with Gasteiger partial charge in [-0.3, -0.25) is 4.98 Å². The van der Waals surface area contributed by atoms with Crippen molar-refractivity contribution in [2.45, 2.75) is 44.4 Å². The molecular weight excluding hydrogens is 691 g/mol. The molecule has 8 rings (SSSR count). The maximum atomic E-state index is 5.18. The Labute approximate surface area is 337 Å². The van der Waals surface area contributed by atoms with E-state index in [4.69, 9.17) is 15.0 Å². The van der Waals surface area contributed by atoms with Crippen molar-refractivity contribution in [2.24, 2.45) is 0 Å². The molecule has 278 valence electrons. The molecule has 6 aromatic rings. The van der Waals surface area contributed by atoms with Gasteiger partial charge < -0.3 is 0 Å². The summed E-state index contributed by atoms with van der Waals surface area (Å²) in [4.78, 5) is 15.3. The van der Waals surface area contributed by atoms with Crippen LogP contribution in [0.1, 0.15) is 78.5 Å². The third kappa shape index (κ3) is 7.62. The van der Waals surface area contributed by atoms with Crippen LogP contribution >= 0.6 is 0 Å². The summed E-state index contributed by atoms with van der Waals surface area (Å²) in [6.07, 6.45) is 26.6. The summed E-state index contributed by atoms with van der Waals surface area (Å²) in [6.45, 7) is 8.13. The number of nitrogens with zero attached hydrogens (tertiary/aromatic N) is 3. The summed E-state index contributed by atoms with van der Waals surface area (Å²) in [5.41, 5.74) is 13.9. The molecule has 2 heterocycles. The number of aromatic nitrogens is 3. The first kappa shape index (κ1) is 37.2. The molecule has 57 heavy (non-hydrogen) atoms. The third-order valence-corrected chi connectivity index (χ3v) is 11.0. The van der Waals surface area contributed by atoms with Crippen LogP contribution < -0.4 is 0 Å². The van der Waals surface area contributed by atoms with Crippen molar-refractivity contribution in [3.63, 3.8) is 0 Å². The molecule has 0 saturated heterocycles. The lowest BCUT2D eigenvalue weighted by atomic mass is 9.73. The predicted octanol–water partition coefficient (Wildman–Crippen LogP) is 13.6. The van der Waals surface area contributed by atoms with Crippen molar-refractivity contribution in [2.75, 3.05) is 0 Å². The van der Waals surface area contributed by atoms with Gasteiger partial charge in [0.15, 0.2) is 5.82 Å². The third-order valence-electron chi connectivity index (χ3n) is 11.0. The summed E-state index contributed by atoms with van der Waals surface area (Å²) in [5, 5.41) is 0. The quantitative estimate of drug-likeness (QED) is 0.117. The van der Waals surface area contributed by atoms with Gasteiger partial charge in [-0.1, -0.05) is 178 Å². The minimum absolute atomic E-state index is 0.348. The molecule has 2 unspecified atom stereocenters. The van der Waals surface area contributed by atoms with Crippen LogP contribution in [0.2, 0.25) is 0 Å². The maximum absolute atomic E-state index is 5.18. The molecule has 0 bridgehead atoms. The van der Waals surface area contributed by atoms with Crippen LogP contribution in [0.3, 0.4) is 0 Å². The number of fused-ring (bicyclic) bond motifs is 1. The molecule has 0 fully saturated rings. The number of benzene rings is 4. The Morgan fingerprint density at radius 2 is 1.58 bits per heavy atom. The summed E-state index contributed by atoms with van der Waals surface area (Å²) < 4.78 is 0. The molecule has 0 N–H and O–H groups in total. The lowest BCUT2D eigenvalue weighted by molar-refractivity contribution is 0.757. The van der Waals surface area contributed by atoms with Gasteiger partial charge in [-0.25, -0.2) is 9.97 Å². The van der Waals surface area contributed by atoms with Gasteiger partial charge in [0.05, 0.1) is 22.5 Å². The minimum atomic E-state index is -0.508. The lowest BCUT2D eigenvalue weighted by Crippen LogP contribution is -2.26. The fraction of sp³-hybridized carbons (Fsp3) is 0.130. The second-order valence-electron chi connectivity index (χ2n) is 14.6. The van der Waals surface area contributed by atoms with Crippen molar-refractivity contribution < 1.29 is 0 Å². The Morgan fingerprint density at radius 3 is 2.32 bits per heavy atom. The van der Waals surface area contributed by atoms with Crippen molar-refractivity contribution >= 4 is 16.7 Å². The van der Waals surface area contributed by atoms with Crippen LogP contribution in [0.5, 0.6) is 0 Å². The molecule has 3 heteroatoms. The van der Waals surface area contributed by atoms with E-state index in [1.54, 1.807) is 6.08 Å². The predicted molar refractivity (Wildman–Crippen MR) is 239 cm³/mol. The van der Waals surface area contributed by atoms with E-state index in [2.05, 4.69) is 177 Å². The van der Waals surface area contributed by atoms with Gasteiger partial charge in [-0.15, -0.1) is 0 Å². The number of rotatable bonds is 12. The maximum Gasteiger partial charge on any atom is 0.160 e. The highest BCUT2D eigenvalue weighted by atomic mass is 14.9. The molecule has 4 aromatic carbocycles. The largest absolute Gasteiger partial charge is 0.260 e. The Balaban J connectivity index is 1.21. The molecule has 0 radical (unpaired) electrons. The Morgan fingerprint density at radius 1 is 0.807 bits per heavy atom. The summed E-state index contributed by atoms with van der Waals surface area (Å²) in [5.74, 6) is 1.03. The average Bonchev–Trinajstić information content (AvgIpc) is 3.62. The van der Waals surface area contributed by atoms with Gasteiger partial charge in [0.1, 0.15) is 0 Å². The van der Waals surface area contributed by atoms with E-state index in [1.165, 1.54) is 27.8 Å². The summed E-state index contributed by atoms with van der Waals surface area (Å²) in [7, 11) is 0. The van der Waals surface area contributed by atoms with Gasteiger partial charge >= 0.3 is 0 Å². The number of hydrogen-bond donors (Lipinski definition) is 0. The standard InChI is InChI=1S/C54H47N3/c1-4-7-11-22-46-38-54(47-25-14-10-15-26-47,52-27-16-17-34-55-52)49-33-32-44(36-48(46)49)43-23-18-24-45(35-43)51-37-50(56-53(57-51)39(6-3)19-8-5-2)42-30-28-41(29-31-42)40-20-12-9-13-21-40/h5-6,8-28,30-38,41H,2,4,7,29H2,1,3H3/b19-8-,22-11-,39-6+. The smallest absolute Gasteiger partial charge is 0.160 e. The molecule has 2 aromatic heterocycles. The summed E-state index contributed by atoms with van der Waals surface area (Å²) in [6, 6.07) is 45.5. The Hall–Kier alpha value is -6.71. The highest BCUT2D eigenvalue weighted by Gasteiger charge is 2.42. The molecule has 0 saturated carbocycles. The molecule has 0 aliphatic heterocycles. The van der Waals surface area contributed by atoms with Crippen LogP contribution in [-0.4, -0.2) is 15.0 Å². The molecule has 3 nitrogen and oxygen atoms in total. The van der Waals surface area contributed by atoms with E-state index < -0.39 is 5.41 Å². The fourth-order valence-electron chi connectivity index (χ4n) is 8.07. The highest BCUT2D eigenvalue weighted by molar-refractivity contribution is 5.89. The fourth-order valence-corrected chi connectivity index (χ4v) is 8.07. The molecule has 0 amide bonds. The SMILES string of the molecule is C=C/C=C\C(=C/C)c1nc(C2=CCC(c3ccccc3)C=C2)cc(-c2cccc(-c3ccc4c(c3)C(/C=C\CCC)=CC4(c3ccccc3)c3ccccn3)c2)n1. The van der Waals surface area contributed by atoms with Crippen LogP contribution in [0, 0.1) is 0 Å². The summed E-state index contributed by atoms with van der Waals surface area (Å²) >= 11 is 0. The molecule has 0 spiro atoms. The Kier molecular flexibility index (Phi) is 11.1. The number of allylic oxidation sites excluding steroid dienone is 13. The topological polar surface area (TPSA) is 38.7 Å². The zero-order valence-electron chi connectivity index (χ0n) is 32.7. The number of hydrogen-bond acceptors (Lipinski definition) is 3. The molecular formula is C54H47N3. The molecule has 2 aliphatic rings. The lowest BCUT2D eigenvalue weighted by Gasteiger charge is -2.29. The van der Waals surface area contributed by atoms with Crippen LogP contribution in [-0.2, 0) is 5.41 Å². The zero-order valence-corrected chi connectivity index (χ0v) is 32.7. The molecule has 2 atom stereocenters. The van der Waals surface area contributed by atoms with E-state index in [9.17, 15) is 0 Å². The molecule has 2 aliphatic carbocycles. The van der Waals surface area contributed by atoms with Crippen molar-refractivity contribution in [1.29, 1.82) is 0 Å². The van der Waals surface area contributed by atoms with E-state index in [0.717, 1.165) is 64.2 Å². The van der Waals surface area contributed by atoms with E-state index >= 15 is 0 Å². The first-order chi connectivity index (χ1) is 28.1. The number of unbranched alkanes of at least 4 members (excludes halogenated alkanes) is 1. The van der Waals surface area contributed by atoms with E-state index in [0.29, 0.717) is 11.7 Å². The second kappa shape index (κ2) is 17.0. The average molecular weight is 738 g/mol. The van der Waals surface area contributed by atoms with Crippen molar-refractivity contribution in [1.82, 2.24) is 15.0 Å². The van der Waals surface area contributed by atoms with Crippen molar-refractivity contribution in [3.05, 3.63) is 240 Å². The first-order valence-corrected chi connectivity index (χ1v) is 20.0.